The summed E-state index contributed by atoms with van der Waals surface area (Å²) < 4.78 is 14.1. The number of benzene rings is 15. The van der Waals surface area contributed by atoms with E-state index in [2.05, 4.69) is 311 Å². The summed E-state index contributed by atoms with van der Waals surface area (Å²) in [5.41, 5.74) is 20.8. The smallest absolute Gasteiger partial charge is 0.188 e. The van der Waals surface area contributed by atoms with E-state index in [1.165, 1.54) is 43.1 Å². The predicted octanol–water partition coefficient (Wildman–Crippen LogP) is 23.9. The number of para-hydroxylation sites is 8. The predicted molar refractivity (Wildman–Crippen MR) is 433 cm³/mol. The van der Waals surface area contributed by atoms with Crippen molar-refractivity contribution in [2.24, 2.45) is 0 Å². The Hall–Kier alpha value is -14.9. The average Bonchev–Trinajstić information content (AvgIpc) is 1.57. The Morgan fingerprint density at radius 2 is 0.519 bits per heavy atom. The Kier molecular flexibility index (Phi) is 12.7. The van der Waals surface area contributed by atoms with Gasteiger partial charge in [0.25, 0.3) is 0 Å². The van der Waals surface area contributed by atoms with Crippen LogP contribution in [0.3, 0.4) is 0 Å². The first-order valence-electron chi connectivity index (χ1n) is 35.5. The van der Waals surface area contributed by atoms with Crippen LogP contribution in [0.15, 0.2) is 334 Å². The largest absolute Gasteiger partial charge is 0.309 e. The second kappa shape index (κ2) is 22.8. The third kappa shape index (κ3) is 8.63. The quantitative estimate of drug-likeness (QED) is 0.135. The number of aromatic nitrogens is 9. The lowest BCUT2D eigenvalue weighted by Crippen LogP contribution is -2.06. The summed E-state index contributed by atoms with van der Waals surface area (Å²) in [5, 5.41) is 24.7. The molecule has 0 amide bonds. The zero-order chi connectivity index (χ0) is 69.8. The lowest BCUT2D eigenvalue weighted by atomic mass is 10.1. The Morgan fingerprint density at radius 3 is 0.830 bits per heavy atom. The molecule has 11 heteroatoms. The zero-order valence-corrected chi connectivity index (χ0v) is 56.7. The van der Waals surface area contributed by atoms with Crippen LogP contribution in [-0.4, -0.2) is 42.4 Å². The molecule has 0 saturated carbocycles. The molecule has 490 valence electrons. The number of nitrogens with zero attached hydrogens (tertiary/aromatic N) is 11. The minimum absolute atomic E-state index is 0.340. The molecule has 0 bridgehead atoms. The highest BCUT2D eigenvalue weighted by atomic mass is 15.1. The van der Waals surface area contributed by atoms with Crippen molar-refractivity contribution in [2.45, 2.75) is 0 Å². The monoisotopic (exact) mass is 1350 g/mol. The van der Waals surface area contributed by atoms with Crippen molar-refractivity contribution < 1.29 is 0 Å². The summed E-state index contributed by atoms with van der Waals surface area (Å²) >= 11 is 0. The summed E-state index contributed by atoms with van der Waals surface area (Å²) in [6.07, 6.45) is 0. The maximum absolute atomic E-state index is 11.2. The molecule has 22 rings (SSSR count). The second-order valence-corrected chi connectivity index (χ2v) is 27.3. The van der Waals surface area contributed by atoms with E-state index in [1.54, 1.807) is 0 Å². The summed E-state index contributed by atoms with van der Waals surface area (Å²) in [5.74, 6) is 1.10. The van der Waals surface area contributed by atoms with Crippen LogP contribution in [-0.2, 0) is 0 Å². The van der Waals surface area contributed by atoms with Gasteiger partial charge in [0.2, 0.25) is 0 Å². The van der Waals surface area contributed by atoms with Crippen LogP contribution in [0.25, 0.3) is 204 Å². The lowest BCUT2D eigenvalue weighted by Gasteiger charge is -2.18. The molecule has 0 aliphatic rings. The first-order chi connectivity index (χ1) is 52.5. The van der Waals surface area contributed by atoms with Crippen LogP contribution in [0, 0.1) is 17.9 Å². The van der Waals surface area contributed by atoms with E-state index < -0.39 is 0 Å². The van der Waals surface area contributed by atoms with E-state index in [-0.39, 0.29) is 0 Å². The van der Waals surface area contributed by atoms with E-state index in [0.29, 0.717) is 39.9 Å². The SMILES string of the molecule is [C-]#[N+]c1ccc(-n2c3cc(-n4c5ccccc5c5ccccc54)ccc3c3ccc(-n4c5ccccc5c5ccccc54)cc32)c(-c2nc(-c3ccccc3)nc(-c3cc(C#N)ccc3-n3c4cc(-n5c6ccccc6c6ccccc65)ccc4c4ccc(-n5c6ccccc6c6ccccc65)cc43)n2)c1. The molecule has 0 saturated heterocycles. The fourth-order valence-corrected chi connectivity index (χ4v) is 17.1. The van der Waals surface area contributed by atoms with Gasteiger partial charge in [-0.05, 0) is 127 Å². The minimum atomic E-state index is 0.340. The zero-order valence-electron chi connectivity index (χ0n) is 56.7. The lowest BCUT2D eigenvalue weighted by molar-refractivity contribution is 1.06. The van der Waals surface area contributed by atoms with Crippen LogP contribution in [0.1, 0.15) is 5.56 Å². The van der Waals surface area contributed by atoms with Gasteiger partial charge in [0.15, 0.2) is 23.2 Å². The Bertz CT molecular complexity index is 6640. The highest BCUT2D eigenvalue weighted by Crippen LogP contribution is 2.46. The van der Waals surface area contributed by atoms with E-state index >= 15 is 0 Å². The van der Waals surface area contributed by atoms with Gasteiger partial charge in [-0.3, -0.25) is 0 Å². The van der Waals surface area contributed by atoms with Crippen LogP contribution >= 0.6 is 0 Å². The number of fused-ring (bicyclic) bond motifs is 18. The number of hydrogen-bond donors (Lipinski definition) is 0. The topological polar surface area (TPSA) is 96.4 Å². The third-order valence-electron chi connectivity index (χ3n) is 21.7. The van der Waals surface area contributed by atoms with Gasteiger partial charge in [-0.1, -0.05) is 206 Å². The van der Waals surface area contributed by atoms with Crippen molar-refractivity contribution in [3.05, 3.63) is 351 Å². The summed E-state index contributed by atoms with van der Waals surface area (Å²) in [6, 6.07) is 120. The molecule has 0 atom stereocenters. The molecular formula is C95H55N11. The van der Waals surface area contributed by atoms with Crippen molar-refractivity contribution in [3.63, 3.8) is 0 Å². The molecule has 0 fully saturated rings. The molecule has 0 aliphatic heterocycles. The average molecular weight is 1350 g/mol. The van der Waals surface area contributed by atoms with E-state index in [9.17, 15) is 5.26 Å². The van der Waals surface area contributed by atoms with Crippen molar-refractivity contribution in [1.29, 1.82) is 5.26 Å². The Balaban J connectivity index is 0.823. The van der Waals surface area contributed by atoms with Gasteiger partial charge < -0.3 is 27.4 Å². The number of nitriles is 1. The summed E-state index contributed by atoms with van der Waals surface area (Å²) in [7, 11) is 0. The summed E-state index contributed by atoms with van der Waals surface area (Å²) in [4.78, 5) is 21.0. The fraction of sp³-hybridized carbons (Fsp3) is 0. The molecule has 11 nitrogen and oxygen atoms in total. The molecule has 106 heavy (non-hydrogen) atoms. The van der Waals surface area contributed by atoms with Crippen molar-refractivity contribution in [1.82, 2.24) is 42.4 Å². The molecule has 0 spiro atoms. The third-order valence-corrected chi connectivity index (χ3v) is 21.7. The van der Waals surface area contributed by atoms with E-state index in [0.717, 1.165) is 127 Å². The normalized spacial score (nSPS) is 11.9. The second-order valence-electron chi connectivity index (χ2n) is 27.3. The van der Waals surface area contributed by atoms with Gasteiger partial charge in [-0.2, -0.15) is 5.26 Å². The van der Waals surface area contributed by atoms with Gasteiger partial charge in [-0.15, -0.1) is 0 Å². The molecule has 0 unspecified atom stereocenters. The molecule has 0 radical (unpaired) electrons. The minimum Gasteiger partial charge on any atom is -0.309 e. The van der Waals surface area contributed by atoms with Crippen LogP contribution in [0.5, 0.6) is 0 Å². The molecule has 15 aromatic carbocycles. The Morgan fingerprint density at radius 1 is 0.245 bits per heavy atom. The number of rotatable bonds is 9. The van der Waals surface area contributed by atoms with Gasteiger partial charge in [0, 0.05) is 104 Å². The van der Waals surface area contributed by atoms with Gasteiger partial charge in [0.05, 0.1) is 95.8 Å². The molecule has 7 aromatic heterocycles. The molecule has 0 N–H and O–H groups in total. The van der Waals surface area contributed by atoms with Crippen LogP contribution < -0.4 is 0 Å². The molecule has 22 aromatic rings. The maximum Gasteiger partial charge on any atom is 0.188 e. The summed E-state index contributed by atoms with van der Waals surface area (Å²) in [6.45, 7) is 8.73. The first kappa shape index (κ1) is 58.8. The maximum atomic E-state index is 11.2. The highest BCUT2D eigenvalue weighted by Gasteiger charge is 2.27. The van der Waals surface area contributed by atoms with Gasteiger partial charge in [-0.25, -0.2) is 19.8 Å². The van der Waals surface area contributed by atoms with E-state index in [1.807, 2.05) is 60.7 Å². The first-order valence-corrected chi connectivity index (χ1v) is 35.5. The molecule has 0 aliphatic carbocycles. The number of hydrogen-bond acceptors (Lipinski definition) is 4. The Labute approximate surface area is 605 Å². The van der Waals surface area contributed by atoms with E-state index in [4.69, 9.17) is 21.5 Å². The van der Waals surface area contributed by atoms with Gasteiger partial charge in [0.1, 0.15) is 0 Å². The van der Waals surface area contributed by atoms with Crippen LogP contribution in [0.4, 0.5) is 5.69 Å². The van der Waals surface area contributed by atoms with Crippen molar-refractivity contribution in [2.75, 3.05) is 0 Å². The van der Waals surface area contributed by atoms with Gasteiger partial charge >= 0.3 is 0 Å². The standard InChI is InChI=1S/C95H55N11/c1-97-60-40-50-88(106-91-55-63(103-83-35-17-9-27-69(83)70-28-10-18-36-84(70)103)43-47-75(91)76-48-44-64(56-92(76)106)104-85-37-19-11-29-71(85)72-30-12-20-38-86(72)104)78(52-60)95-99-93(59-21-3-2-4-22-59)98-94(100-95)77-51-58(57-96)39-49-87(77)105-89-53-61(101-79-31-13-5-23-65(79)66-24-6-14-32-80(66)101)41-45-73(89)74-46-42-62(54-90(74)105)102-81-33-15-7-25-67(81)68-26-8-16-34-82(68)102/h2-56H. The fourth-order valence-electron chi connectivity index (χ4n) is 17.1. The van der Waals surface area contributed by atoms with Crippen molar-refractivity contribution in [3.8, 4) is 74.4 Å². The molecular weight excluding hydrogens is 1300 g/mol. The molecule has 7 heterocycles. The highest BCUT2D eigenvalue weighted by molar-refractivity contribution is 6.17. The van der Waals surface area contributed by atoms with Crippen LogP contribution in [0.2, 0.25) is 0 Å². The van der Waals surface area contributed by atoms with Crippen molar-refractivity contribution >= 4 is 137 Å².